The Morgan fingerprint density at radius 3 is 2.61 bits per heavy atom. The van der Waals surface area contributed by atoms with Gasteiger partial charge in [0, 0.05) is 30.1 Å². The molecule has 0 atom stereocenters. The molecule has 1 amide bonds. The van der Waals surface area contributed by atoms with Gasteiger partial charge in [-0.2, -0.15) is 0 Å². The van der Waals surface area contributed by atoms with E-state index in [2.05, 4.69) is 39.1 Å². The number of aromatic amines is 1. The smallest absolute Gasteiger partial charge is 0.250 e. The number of carbonyl (C=O) groups excluding carboxylic acids is 1. The first-order valence-electron chi connectivity index (χ1n) is 10.9. The van der Waals surface area contributed by atoms with Crippen LogP contribution < -0.4 is 4.74 Å². The number of nitrogens with one attached hydrogen (secondary N) is 1. The second-order valence-corrected chi connectivity index (χ2v) is 8.48. The minimum atomic E-state index is 0.175. The SMILES string of the molecule is COc1cc(C=C2CCCN(C3Cc4ccccc4C3)C2=O)ccc1-c1ncc(C)[nH]1. The molecule has 1 saturated heterocycles. The largest absolute Gasteiger partial charge is 0.496 e. The lowest BCUT2D eigenvalue weighted by Crippen LogP contribution is -2.44. The van der Waals surface area contributed by atoms with Crippen molar-refractivity contribution in [3.63, 3.8) is 0 Å². The number of aromatic nitrogens is 2. The second kappa shape index (κ2) is 8.06. The number of amides is 1. The first-order valence-corrected chi connectivity index (χ1v) is 10.9. The van der Waals surface area contributed by atoms with Crippen LogP contribution in [0.3, 0.4) is 0 Å². The van der Waals surface area contributed by atoms with Crippen molar-refractivity contribution in [2.24, 2.45) is 0 Å². The first-order chi connectivity index (χ1) is 15.1. The molecule has 31 heavy (non-hydrogen) atoms. The van der Waals surface area contributed by atoms with Crippen molar-refractivity contribution in [3.05, 3.63) is 76.6 Å². The third-order valence-corrected chi connectivity index (χ3v) is 6.38. The summed E-state index contributed by atoms with van der Waals surface area (Å²) in [6, 6.07) is 14.8. The maximum atomic E-state index is 13.3. The highest BCUT2D eigenvalue weighted by molar-refractivity contribution is 5.99. The number of aryl methyl sites for hydroxylation is 1. The Kier molecular flexibility index (Phi) is 5.10. The summed E-state index contributed by atoms with van der Waals surface area (Å²) in [5.41, 5.74) is 6.53. The average Bonchev–Trinajstić information content (AvgIpc) is 3.41. The predicted molar refractivity (Wildman–Crippen MR) is 122 cm³/mol. The summed E-state index contributed by atoms with van der Waals surface area (Å²) in [4.78, 5) is 23.1. The lowest BCUT2D eigenvalue weighted by Gasteiger charge is -2.33. The molecule has 1 N–H and O–H groups in total. The molecule has 1 fully saturated rings. The second-order valence-electron chi connectivity index (χ2n) is 8.48. The van der Waals surface area contributed by atoms with Gasteiger partial charge in [-0.15, -0.1) is 0 Å². The molecule has 2 aliphatic rings. The Morgan fingerprint density at radius 2 is 1.94 bits per heavy atom. The number of ether oxygens (including phenoxy) is 1. The van der Waals surface area contributed by atoms with E-state index in [1.165, 1.54) is 11.1 Å². The van der Waals surface area contributed by atoms with E-state index < -0.39 is 0 Å². The summed E-state index contributed by atoms with van der Waals surface area (Å²) in [6.07, 6.45) is 7.57. The quantitative estimate of drug-likeness (QED) is 0.638. The Morgan fingerprint density at radius 1 is 1.16 bits per heavy atom. The Hall–Kier alpha value is -3.34. The number of H-pyrrole nitrogens is 1. The van der Waals surface area contributed by atoms with Gasteiger partial charge >= 0.3 is 0 Å². The number of methoxy groups -OCH3 is 1. The summed E-state index contributed by atoms with van der Waals surface area (Å²) in [6.45, 7) is 2.82. The van der Waals surface area contributed by atoms with Crippen molar-refractivity contribution < 1.29 is 9.53 Å². The molecule has 2 heterocycles. The molecule has 5 nitrogen and oxygen atoms in total. The lowest BCUT2D eigenvalue weighted by molar-refractivity contribution is -0.130. The van der Waals surface area contributed by atoms with Crippen LogP contribution >= 0.6 is 0 Å². The number of nitrogens with zero attached hydrogens (tertiary/aromatic N) is 2. The van der Waals surface area contributed by atoms with Crippen LogP contribution in [0.15, 0.2) is 54.2 Å². The van der Waals surface area contributed by atoms with Crippen molar-refractivity contribution in [2.75, 3.05) is 13.7 Å². The highest BCUT2D eigenvalue weighted by Gasteiger charge is 2.33. The zero-order valence-electron chi connectivity index (χ0n) is 18.0. The number of hydrogen-bond acceptors (Lipinski definition) is 3. The van der Waals surface area contributed by atoms with Crippen LogP contribution in [0, 0.1) is 6.92 Å². The van der Waals surface area contributed by atoms with Crippen molar-refractivity contribution in [2.45, 2.75) is 38.6 Å². The van der Waals surface area contributed by atoms with E-state index in [1.54, 1.807) is 13.3 Å². The molecule has 3 aromatic rings. The zero-order chi connectivity index (χ0) is 21.4. The van der Waals surface area contributed by atoms with Crippen molar-refractivity contribution in [3.8, 4) is 17.1 Å². The summed E-state index contributed by atoms with van der Waals surface area (Å²) in [5.74, 6) is 1.71. The molecule has 2 aromatic carbocycles. The van der Waals surface area contributed by atoms with Gasteiger partial charge in [0.05, 0.1) is 12.7 Å². The Bertz CT molecular complexity index is 1140. The minimum absolute atomic E-state index is 0.175. The van der Waals surface area contributed by atoms with E-state index in [9.17, 15) is 4.79 Å². The summed E-state index contributed by atoms with van der Waals surface area (Å²) in [7, 11) is 1.66. The molecule has 158 valence electrons. The maximum absolute atomic E-state index is 13.3. The molecule has 0 unspecified atom stereocenters. The minimum Gasteiger partial charge on any atom is -0.496 e. The lowest BCUT2D eigenvalue weighted by atomic mass is 9.98. The third-order valence-electron chi connectivity index (χ3n) is 6.38. The molecule has 1 aromatic heterocycles. The van der Waals surface area contributed by atoms with Crippen LogP contribution in [0.1, 0.15) is 35.2 Å². The monoisotopic (exact) mass is 413 g/mol. The highest BCUT2D eigenvalue weighted by atomic mass is 16.5. The van der Waals surface area contributed by atoms with E-state index in [0.29, 0.717) is 0 Å². The normalized spacial score (nSPS) is 17.9. The van der Waals surface area contributed by atoms with E-state index in [4.69, 9.17) is 4.74 Å². The van der Waals surface area contributed by atoms with Gasteiger partial charge in [-0.25, -0.2) is 4.98 Å². The highest BCUT2D eigenvalue weighted by Crippen LogP contribution is 2.32. The Labute approximate surface area is 182 Å². The number of piperidine rings is 1. The van der Waals surface area contributed by atoms with E-state index in [1.807, 2.05) is 31.2 Å². The molecule has 1 aliphatic heterocycles. The van der Waals surface area contributed by atoms with Crippen LogP contribution in [0.25, 0.3) is 17.5 Å². The van der Waals surface area contributed by atoms with Gasteiger partial charge in [-0.1, -0.05) is 30.3 Å². The van der Waals surface area contributed by atoms with Crippen molar-refractivity contribution in [1.29, 1.82) is 0 Å². The van der Waals surface area contributed by atoms with Crippen LogP contribution in [-0.2, 0) is 17.6 Å². The van der Waals surface area contributed by atoms with Crippen LogP contribution in [0.2, 0.25) is 0 Å². The molecule has 1 aliphatic carbocycles. The first kappa shape index (κ1) is 19.6. The van der Waals surface area contributed by atoms with E-state index in [0.717, 1.165) is 66.2 Å². The number of rotatable bonds is 4. The summed E-state index contributed by atoms with van der Waals surface area (Å²) in [5, 5.41) is 0. The van der Waals surface area contributed by atoms with E-state index in [-0.39, 0.29) is 11.9 Å². The molecule has 0 saturated carbocycles. The fourth-order valence-corrected chi connectivity index (χ4v) is 4.82. The molecule has 5 rings (SSSR count). The van der Waals surface area contributed by atoms with Crippen LogP contribution in [0.5, 0.6) is 5.75 Å². The maximum Gasteiger partial charge on any atom is 0.250 e. The Balaban J connectivity index is 1.38. The zero-order valence-corrected chi connectivity index (χ0v) is 18.0. The van der Waals surface area contributed by atoms with Gasteiger partial charge in [0.1, 0.15) is 11.6 Å². The van der Waals surface area contributed by atoms with E-state index >= 15 is 0 Å². The molecule has 0 spiro atoms. The summed E-state index contributed by atoms with van der Waals surface area (Å²) >= 11 is 0. The number of hydrogen-bond donors (Lipinski definition) is 1. The predicted octanol–water partition coefficient (Wildman–Crippen LogP) is 4.57. The van der Waals surface area contributed by atoms with Gasteiger partial charge in [0.25, 0.3) is 0 Å². The molecule has 5 heteroatoms. The average molecular weight is 414 g/mol. The van der Waals surface area contributed by atoms with Gasteiger partial charge in [-0.05, 0) is 67.5 Å². The molecule has 0 bridgehead atoms. The van der Waals surface area contributed by atoms with Crippen LogP contribution in [-0.4, -0.2) is 40.5 Å². The number of imidazole rings is 1. The number of carbonyl (C=O) groups is 1. The molecule has 0 radical (unpaired) electrons. The number of fused-ring (bicyclic) bond motifs is 1. The summed E-state index contributed by atoms with van der Waals surface area (Å²) < 4.78 is 5.62. The standard InChI is InChI=1S/C26H27N3O2/c1-17-16-27-25(28-17)23-10-9-18(13-24(23)31-2)12-21-8-5-11-29(26(21)30)22-14-19-6-3-4-7-20(19)15-22/h3-4,6-7,9-10,12-13,16,22H,5,8,11,14-15H2,1-2H3,(H,27,28). The number of benzene rings is 2. The van der Waals surface area contributed by atoms with Crippen LogP contribution in [0.4, 0.5) is 0 Å². The van der Waals surface area contributed by atoms with Gasteiger partial charge in [-0.3, -0.25) is 4.79 Å². The van der Waals surface area contributed by atoms with Gasteiger partial charge in [0.15, 0.2) is 0 Å². The number of likely N-dealkylation sites (tertiary alicyclic amines) is 1. The van der Waals surface area contributed by atoms with Crippen molar-refractivity contribution >= 4 is 12.0 Å². The van der Waals surface area contributed by atoms with Gasteiger partial charge in [0.2, 0.25) is 5.91 Å². The molecular formula is C26H27N3O2. The topological polar surface area (TPSA) is 58.2 Å². The fourth-order valence-electron chi connectivity index (χ4n) is 4.82. The molecular weight excluding hydrogens is 386 g/mol. The fraction of sp³-hybridized carbons (Fsp3) is 0.308. The van der Waals surface area contributed by atoms with Crippen molar-refractivity contribution in [1.82, 2.24) is 14.9 Å². The van der Waals surface area contributed by atoms with Gasteiger partial charge < -0.3 is 14.6 Å². The third kappa shape index (κ3) is 3.76.